The summed E-state index contributed by atoms with van der Waals surface area (Å²) in [7, 11) is 0. The number of carboxylic acid groups (broad SMARTS) is 1. The van der Waals surface area contributed by atoms with Crippen molar-refractivity contribution in [3.05, 3.63) is 41.0 Å². The summed E-state index contributed by atoms with van der Waals surface area (Å²) in [6, 6.07) is 4.52. The topological polar surface area (TPSA) is 88.2 Å². The first-order valence-corrected chi connectivity index (χ1v) is 5.57. The van der Waals surface area contributed by atoms with Crippen molar-refractivity contribution in [1.29, 1.82) is 0 Å². The normalized spacial score (nSPS) is 10.3. The van der Waals surface area contributed by atoms with Crippen LogP contribution >= 0.6 is 11.6 Å². The predicted molar refractivity (Wildman–Crippen MR) is 64.9 cm³/mol. The summed E-state index contributed by atoms with van der Waals surface area (Å²) in [5.41, 5.74) is 0.823. The highest BCUT2D eigenvalue weighted by atomic mass is 35.5. The highest BCUT2D eigenvalue weighted by Crippen LogP contribution is 2.22. The molecule has 0 amide bonds. The van der Waals surface area contributed by atoms with E-state index in [0.717, 1.165) is 0 Å². The Balaban J connectivity index is 1.95. The molecule has 7 heteroatoms. The fraction of sp³-hybridized carbons (Fsp3) is 0.182. The number of benzene rings is 1. The van der Waals surface area contributed by atoms with Gasteiger partial charge in [-0.25, -0.2) is 4.79 Å². The van der Waals surface area contributed by atoms with E-state index in [0.29, 0.717) is 29.6 Å². The van der Waals surface area contributed by atoms with Crippen LogP contribution in [0.2, 0.25) is 5.02 Å². The van der Waals surface area contributed by atoms with Crippen LogP contribution < -0.4 is 5.32 Å². The number of hydrogen-bond acceptors (Lipinski definition) is 5. The van der Waals surface area contributed by atoms with E-state index in [-0.39, 0.29) is 5.56 Å². The van der Waals surface area contributed by atoms with E-state index in [1.807, 2.05) is 0 Å². The molecule has 0 aliphatic heterocycles. The SMILES string of the molecule is O=C(O)c1ccc(NCCc2ncno2)c(Cl)c1. The number of nitrogens with one attached hydrogen (secondary N) is 1. The van der Waals surface area contributed by atoms with Crippen LogP contribution in [0.25, 0.3) is 0 Å². The fourth-order valence-electron chi connectivity index (χ4n) is 1.40. The Hall–Kier alpha value is -2.08. The number of anilines is 1. The molecule has 0 fully saturated rings. The zero-order chi connectivity index (χ0) is 13.0. The van der Waals surface area contributed by atoms with Crippen molar-refractivity contribution in [3.63, 3.8) is 0 Å². The Labute approximate surface area is 108 Å². The predicted octanol–water partition coefficient (Wildman–Crippen LogP) is 2.08. The molecule has 0 aliphatic rings. The molecule has 18 heavy (non-hydrogen) atoms. The molecule has 6 nitrogen and oxygen atoms in total. The second kappa shape index (κ2) is 5.50. The number of carboxylic acids is 1. The molecule has 2 N–H and O–H groups in total. The molecule has 0 radical (unpaired) electrons. The maximum Gasteiger partial charge on any atom is 0.335 e. The van der Waals surface area contributed by atoms with Crippen molar-refractivity contribution in [3.8, 4) is 0 Å². The summed E-state index contributed by atoms with van der Waals surface area (Å²) in [5.74, 6) is -0.477. The van der Waals surface area contributed by atoms with Gasteiger partial charge in [-0.1, -0.05) is 16.8 Å². The van der Waals surface area contributed by atoms with Crippen LogP contribution in [-0.4, -0.2) is 27.8 Å². The van der Waals surface area contributed by atoms with Gasteiger partial charge in [-0.05, 0) is 18.2 Å². The summed E-state index contributed by atoms with van der Waals surface area (Å²) in [6.07, 6.45) is 1.90. The number of aromatic nitrogens is 2. The molecule has 0 spiro atoms. The largest absolute Gasteiger partial charge is 0.478 e. The molecule has 0 atom stereocenters. The van der Waals surface area contributed by atoms with Crippen molar-refractivity contribution < 1.29 is 14.4 Å². The molecule has 1 heterocycles. The van der Waals surface area contributed by atoms with Gasteiger partial charge in [0, 0.05) is 13.0 Å². The number of carbonyl (C=O) groups is 1. The van der Waals surface area contributed by atoms with Gasteiger partial charge in [0.05, 0.1) is 16.3 Å². The molecular formula is C11H10ClN3O3. The van der Waals surface area contributed by atoms with Gasteiger partial charge in [0.1, 0.15) is 0 Å². The zero-order valence-electron chi connectivity index (χ0n) is 9.26. The number of rotatable bonds is 5. The van der Waals surface area contributed by atoms with Gasteiger partial charge in [-0.3, -0.25) is 0 Å². The molecule has 94 valence electrons. The summed E-state index contributed by atoms with van der Waals surface area (Å²) >= 11 is 5.96. The van der Waals surface area contributed by atoms with Crippen molar-refractivity contribution in [2.45, 2.75) is 6.42 Å². The number of halogens is 1. The van der Waals surface area contributed by atoms with Crippen LogP contribution in [0.15, 0.2) is 29.0 Å². The van der Waals surface area contributed by atoms with Crippen LogP contribution in [0.3, 0.4) is 0 Å². The number of nitrogens with zero attached hydrogens (tertiary/aromatic N) is 2. The maximum absolute atomic E-state index is 10.7. The van der Waals surface area contributed by atoms with E-state index in [2.05, 4.69) is 15.5 Å². The average Bonchev–Trinajstić information content (AvgIpc) is 2.84. The molecular weight excluding hydrogens is 258 g/mol. The van der Waals surface area contributed by atoms with Crippen molar-refractivity contribution in [1.82, 2.24) is 10.1 Å². The average molecular weight is 268 g/mol. The van der Waals surface area contributed by atoms with Crippen molar-refractivity contribution in [2.24, 2.45) is 0 Å². The van der Waals surface area contributed by atoms with Gasteiger partial charge in [0.2, 0.25) is 5.89 Å². The van der Waals surface area contributed by atoms with Crippen LogP contribution in [0, 0.1) is 0 Å². The fourth-order valence-corrected chi connectivity index (χ4v) is 1.65. The van der Waals surface area contributed by atoms with Crippen molar-refractivity contribution >= 4 is 23.3 Å². The Morgan fingerprint density at radius 3 is 2.94 bits per heavy atom. The van der Waals surface area contributed by atoms with E-state index in [1.54, 1.807) is 6.07 Å². The van der Waals surface area contributed by atoms with Crippen LogP contribution in [0.5, 0.6) is 0 Å². The molecule has 2 aromatic rings. The minimum Gasteiger partial charge on any atom is -0.478 e. The van der Waals surface area contributed by atoms with E-state index in [9.17, 15) is 4.79 Å². The second-order valence-electron chi connectivity index (χ2n) is 3.51. The summed E-state index contributed by atoms with van der Waals surface area (Å²) in [5, 5.41) is 15.7. The van der Waals surface area contributed by atoms with Crippen molar-refractivity contribution in [2.75, 3.05) is 11.9 Å². The number of aromatic carboxylic acids is 1. The van der Waals surface area contributed by atoms with Gasteiger partial charge in [-0.15, -0.1) is 0 Å². The van der Waals surface area contributed by atoms with Gasteiger partial charge >= 0.3 is 5.97 Å². The molecule has 1 aromatic carbocycles. The third-order valence-electron chi connectivity index (χ3n) is 2.28. The molecule has 0 saturated carbocycles. The quantitative estimate of drug-likeness (QED) is 0.862. The molecule has 0 aliphatic carbocycles. The molecule has 0 saturated heterocycles. The van der Waals surface area contributed by atoms with Gasteiger partial charge in [-0.2, -0.15) is 4.98 Å². The Morgan fingerprint density at radius 2 is 2.33 bits per heavy atom. The molecule has 0 bridgehead atoms. The smallest absolute Gasteiger partial charge is 0.335 e. The lowest BCUT2D eigenvalue weighted by atomic mass is 10.2. The minimum atomic E-state index is -1.01. The van der Waals surface area contributed by atoms with Crippen LogP contribution in [-0.2, 0) is 6.42 Å². The van der Waals surface area contributed by atoms with Crippen LogP contribution in [0.1, 0.15) is 16.2 Å². The monoisotopic (exact) mass is 267 g/mol. The Kier molecular flexibility index (Phi) is 3.78. The lowest BCUT2D eigenvalue weighted by Crippen LogP contribution is -2.06. The first-order valence-electron chi connectivity index (χ1n) is 5.19. The van der Waals surface area contributed by atoms with Gasteiger partial charge in [0.15, 0.2) is 6.33 Å². The third kappa shape index (κ3) is 2.98. The van der Waals surface area contributed by atoms with E-state index < -0.39 is 5.97 Å². The number of hydrogen-bond donors (Lipinski definition) is 2. The van der Waals surface area contributed by atoms with E-state index in [4.69, 9.17) is 21.2 Å². The highest BCUT2D eigenvalue weighted by molar-refractivity contribution is 6.33. The third-order valence-corrected chi connectivity index (χ3v) is 2.59. The van der Waals surface area contributed by atoms with Gasteiger partial charge < -0.3 is 14.9 Å². The first-order chi connectivity index (χ1) is 8.66. The Bertz CT molecular complexity index is 542. The minimum absolute atomic E-state index is 0.155. The summed E-state index contributed by atoms with van der Waals surface area (Å²) < 4.78 is 4.84. The van der Waals surface area contributed by atoms with Crippen LogP contribution in [0.4, 0.5) is 5.69 Å². The molecule has 2 rings (SSSR count). The first kappa shape index (κ1) is 12.4. The summed E-state index contributed by atoms with van der Waals surface area (Å²) in [4.78, 5) is 14.6. The molecule has 1 aromatic heterocycles. The van der Waals surface area contributed by atoms with E-state index >= 15 is 0 Å². The standard InChI is InChI=1S/C11H10ClN3O3/c12-8-5-7(11(16)17)1-2-9(8)13-4-3-10-14-6-15-18-10/h1-2,5-6,13H,3-4H2,(H,16,17). The second-order valence-corrected chi connectivity index (χ2v) is 3.92. The lowest BCUT2D eigenvalue weighted by molar-refractivity contribution is 0.0697. The lowest BCUT2D eigenvalue weighted by Gasteiger charge is -2.07. The van der Waals surface area contributed by atoms with E-state index in [1.165, 1.54) is 18.5 Å². The maximum atomic E-state index is 10.7. The molecule has 0 unspecified atom stereocenters. The summed E-state index contributed by atoms with van der Waals surface area (Å²) in [6.45, 7) is 0.564. The Morgan fingerprint density at radius 1 is 1.50 bits per heavy atom. The van der Waals surface area contributed by atoms with Gasteiger partial charge in [0.25, 0.3) is 0 Å². The highest BCUT2D eigenvalue weighted by Gasteiger charge is 2.07. The zero-order valence-corrected chi connectivity index (χ0v) is 10.0.